The van der Waals surface area contributed by atoms with Crippen LogP contribution < -0.4 is 0 Å². The highest BCUT2D eigenvalue weighted by atomic mass is 17.3. The summed E-state index contributed by atoms with van der Waals surface area (Å²) in [6.45, 7) is 1.80. The van der Waals surface area contributed by atoms with Gasteiger partial charge < -0.3 is 9.53 Å². The van der Waals surface area contributed by atoms with Crippen molar-refractivity contribution in [3.05, 3.63) is 0 Å². The first-order valence-electron chi connectivity index (χ1n) is 4.72. The van der Waals surface area contributed by atoms with Crippen LogP contribution in [0.15, 0.2) is 0 Å². The van der Waals surface area contributed by atoms with Crippen LogP contribution in [-0.2, 0) is 19.3 Å². The molecule has 1 aliphatic heterocycles. The van der Waals surface area contributed by atoms with E-state index in [9.17, 15) is 4.79 Å². The van der Waals surface area contributed by atoms with E-state index in [1.165, 1.54) is 0 Å². The van der Waals surface area contributed by atoms with E-state index in [1.807, 2.05) is 0 Å². The first kappa shape index (κ1) is 9.12. The predicted octanol–water partition coefficient (Wildman–Crippen LogP) is 1.25. The molecule has 2 fully saturated rings. The summed E-state index contributed by atoms with van der Waals surface area (Å²) in [4.78, 5) is 20.4. The Balaban J connectivity index is 1.85. The molecule has 2 rings (SSSR count). The lowest BCUT2D eigenvalue weighted by atomic mass is 10.1. The average Bonchev–Trinajstić information content (AvgIpc) is 2.71. The summed E-state index contributed by atoms with van der Waals surface area (Å²) < 4.78 is 5.38. The Morgan fingerprint density at radius 1 is 1.31 bits per heavy atom. The maximum Gasteiger partial charge on any atom is 0.197 e. The van der Waals surface area contributed by atoms with Crippen LogP contribution in [0.25, 0.3) is 0 Å². The third-order valence-electron chi connectivity index (χ3n) is 2.70. The molecule has 0 aromatic carbocycles. The molecule has 1 saturated carbocycles. The molecule has 2 unspecified atom stereocenters. The molecule has 13 heavy (non-hydrogen) atoms. The standard InChI is InChI=1S/C9H14O4/c1-6-11-9(13-12-6)8-3-2-7(4-8)5-10/h5-9H,2-4H2,1H3/t6-,7?,8?,9-/m0/s1. The SMILES string of the molecule is C[C@@H]1OO[C@@H](C2CCC(C=O)C2)O1. The highest BCUT2D eigenvalue weighted by Crippen LogP contribution is 2.35. The molecule has 0 aromatic rings. The minimum atomic E-state index is -0.278. The Labute approximate surface area is 77.1 Å². The van der Waals surface area contributed by atoms with Gasteiger partial charge in [-0.05, 0) is 26.2 Å². The van der Waals surface area contributed by atoms with Gasteiger partial charge in [-0.25, -0.2) is 9.78 Å². The maximum atomic E-state index is 10.5. The highest BCUT2D eigenvalue weighted by molar-refractivity contribution is 5.53. The van der Waals surface area contributed by atoms with Crippen LogP contribution >= 0.6 is 0 Å². The zero-order chi connectivity index (χ0) is 9.26. The van der Waals surface area contributed by atoms with E-state index in [2.05, 4.69) is 0 Å². The molecule has 1 saturated heterocycles. The minimum Gasteiger partial charge on any atom is -0.318 e. The lowest BCUT2D eigenvalue weighted by molar-refractivity contribution is -0.301. The van der Waals surface area contributed by atoms with Gasteiger partial charge in [-0.3, -0.25) is 0 Å². The molecule has 0 aromatic heterocycles. The second-order valence-electron chi connectivity index (χ2n) is 3.73. The largest absolute Gasteiger partial charge is 0.318 e. The van der Waals surface area contributed by atoms with Crippen LogP contribution in [0.5, 0.6) is 0 Å². The second-order valence-corrected chi connectivity index (χ2v) is 3.73. The monoisotopic (exact) mass is 186 g/mol. The van der Waals surface area contributed by atoms with Crippen LogP contribution in [0.1, 0.15) is 26.2 Å². The number of carbonyl (C=O) groups is 1. The van der Waals surface area contributed by atoms with Crippen molar-refractivity contribution in [1.82, 2.24) is 0 Å². The van der Waals surface area contributed by atoms with E-state index in [1.54, 1.807) is 6.92 Å². The molecule has 4 atom stereocenters. The Morgan fingerprint density at radius 3 is 2.69 bits per heavy atom. The van der Waals surface area contributed by atoms with E-state index >= 15 is 0 Å². The van der Waals surface area contributed by atoms with Crippen LogP contribution in [0.3, 0.4) is 0 Å². The summed E-state index contributed by atoms with van der Waals surface area (Å²) >= 11 is 0. The normalized spacial score (nSPS) is 45.3. The van der Waals surface area contributed by atoms with Gasteiger partial charge in [-0.15, -0.1) is 0 Å². The third-order valence-corrected chi connectivity index (χ3v) is 2.70. The number of rotatable bonds is 2. The third kappa shape index (κ3) is 1.90. The Bertz CT molecular complexity index is 194. The van der Waals surface area contributed by atoms with Gasteiger partial charge in [0.25, 0.3) is 0 Å². The summed E-state index contributed by atoms with van der Waals surface area (Å²) in [7, 11) is 0. The zero-order valence-electron chi connectivity index (χ0n) is 7.64. The summed E-state index contributed by atoms with van der Waals surface area (Å²) in [6, 6.07) is 0. The van der Waals surface area contributed by atoms with Crippen molar-refractivity contribution in [3.8, 4) is 0 Å². The van der Waals surface area contributed by atoms with Crippen molar-refractivity contribution in [2.24, 2.45) is 11.8 Å². The van der Waals surface area contributed by atoms with Crippen molar-refractivity contribution in [2.75, 3.05) is 0 Å². The Morgan fingerprint density at radius 2 is 2.15 bits per heavy atom. The number of hydrogen-bond acceptors (Lipinski definition) is 4. The first-order chi connectivity index (χ1) is 6.29. The van der Waals surface area contributed by atoms with Gasteiger partial charge in [-0.2, -0.15) is 0 Å². The average molecular weight is 186 g/mol. The zero-order valence-corrected chi connectivity index (χ0v) is 7.64. The molecule has 0 radical (unpaired) electrons. The molecule has 0 bridgehead atoms. The molecule has 4 nitrogen and oxygen atoms in total. The number of carbonyl (C=O) groups excluding carboxylic acids is 1. The van der Waals surface area contributed by atoms with E-state index in [0.717, 1.165) is 25.5 Å². The van der Waals surface area contributed by atoms with Gasteiger partial charge in [0.15, 0.2) is 12.6 Å². The number of ether oxygens (including phenoxy) is 1. The van der Waals surface area contributed by atoms with Crippen molar-refractivity contribution in [1.29, 1.82) is 0 Å². The molecular weight excluding hydrogens is 172 g/mol. The summed E-state index contributed by atoms with van der Waals surface area (Å²) in [6.07, 6.45) is 3.29. The molecule has 1 aliphatic carbocycles. The first-order valence-corrected chi connectivity index (χ1v) is 4.72. The molecule has 0 N–H and O–H groups in total. The van der Waals surface area contributed by atoms with Crippen molar-refractivity contribution in [2.45, 2.75) is 38.8 Å². The fraction of sp³-hybridized carbons (Fsp3) is 0.889. The number of hydrogen-bond donors (Lipinski definition) is 0. The Kier molecular flexibility index (Phi) is 2.62. The highest BCUT2D eigenvalue weighted by Gasteiger charge is 2.37. The topological polar surface area (TPSA) is 44.8 Å². The van der Waals surface area contributed by atoms with Crippen molar-refractivity contribution >= 4 is 6.29 Å². The fourth-order valence-corrected chi connectivity index (χ4v) is 1.98. The van der Waals surface area contributed by atoms with Gasteiger partial charge in [0.2, 0.25) is 0 Å². The van der Waals surface area contributed by atoms with Gasteiger partial charge in [0.05, 0.1) is 0 Å². The predicted molar refractivity (Wildman–Crippen MR) is 43.4 cm³/mol. The minimum absolute atomic E-state index is 0.188. The fourth-order valence-electron chi connectivity index (χ4n) is 1.98. The number of aldehydes is 1. The lowest BCUT2D eigenvalue weighted by Gasteiger charge is -2.13. The van der Waals surface area contributed by atoms with E-state index in [-0.39, 0.29) is 18.5 Å². The quantitative estimate of drug-likeness (QED) is 0.481. The van der Waals surface area contributed by atoms with E-state index < -0.39 is 0 Å². The smallest absolute Gasteiger partial charge is 0.197 e. The molecule has 2 aliphatic rings. The Hall–Kier alpha value is -0.450. The maximum absolute atomic E-state index is 10.5. The second kappa shape index (κ2) is 3.74. The summed E-state index contributed by atoms with van der Waals surface area (Å²) in [5, 5.41) is 0. The van der Waals surface area contributed by atoms with Gasteiger partial charge >= 0.3 is 0 Å². The molecule has 0 spiro atoms. The molecular formula is C9H14O4. The van der Waals surface area contributed by atoms with Crippen LogP contribution in [-0.4, -0.2) is 18.9 Å². The lowest BCUT2D eigenvalue weighted by Crippen LogP contribution is -2.19. The van der Waals surface area contributed by atoms with E-state index in [4.69, 9.17) is 14.5 Å². The van der Waals surface area contributed by atoms with Crippen LogP contribution in [0.4, 0.5) is 0 Å². The van der Waals surface area contributed by atoms with Crippen LogP contribution in [0, 0.1) is 11.8 Å². The van der Waals surface area contributed by atoms with Crippen molar-refractivity contribution in [3.63, 3.8) is 0 Å². The van der Waals surface area contributed by atoms with E-state index in [0.29, 0.717) is 5.92 Å². The summed E-state index contributed by atoms with van der Waals surface area (Å²) in [5.41, 5.74) is 0. The molecule has 1 heterocycles. The van der Waals surface area contributed by atoms with Crippen molar-refractivity contribution < 1.29 is 19.3 Å². The van der Waals surface area contributed by atoms with Gasteiger partial charge in [-0.1, -0.05) is 0 Å². The van der Waals surface area contributed by atoms with Crippen LogP contribution in [0.2, 0.25) is 0 Å². The molecule has 0 amide bonds. The summed E-state index contributed by atoms with van der Waals surface area (Å²) in [5.74, 6) is 0.508. The molecule has 4 heteroatoms. The molecule has 74 valence electrons. The van der Waals surface area contributed by atoms with Gasteiger partial charge in [0, 0.05) is 11.8 Å². The van der Waals surface area contributed by atoms with Gasteiger partial charge in [0.1, 0.15) is 6.29 Å².